The van der Waals surface area contributed by atoms with Gasteiger partial charge in [-0.25, -0.2) is 14.5 Å². The maximum absolute atomic E-state index is 12.1. The van der Waals surface area contributed by atoms with Gasteiger partial charge in [-0.3, -0.25) is 9.78 Å². The number of aryl methyl sites for hydroxylation is 1. The van der Waals surface area contributed by atoms with Crippen LogP contribution in [0.1, 0.15) is 5.56 Å². The predicted molar refractivity (Wildman–Crippen MR) is 76.1 cm³/mol. The standard InChI is InChI=1S/C14H16N4O4/c1-9-2-3-15-4-11(9)16-13(20)17-5-10(6-17)7-18-12(19)8-22-14(18)21/h2-4,10H,5-8H2,1H3,(H,16,20). The first kappa shape index (κ1) is 14.3. The third kappa shape index (κ3) is 2.72. The Morgan fingerprint density at radius 3 is 2.86 bits per heavy atom. The van der Waals surface area contributed by atoms with Gasteiger partial charge in [-0.2, -0.15) is 0 Å². The first-order valence-corrected chi connectivity index (χ1v) is 6.98. The highest BCUT2D eigenvalue weighted by Gasteiger charge is 2.38. The molecular formula is C14H16N4O4. The largest absolute Gasteiger partial charge is 0.439 e. The lowest BCUT2D eigenvalue weighted by Gasteiger charge is -2.40. The highest BCUT2D eigenvalue weighted by atomic mass is 16.6. The number of hydrogen-bond donors (Lipinski definition) is 1. The SMILES string of the molecule is Cc1ccncc1NC(=O)N1CC(CN2C(=O)COC2=O)C1. The predicted octanol–water partition coefficient (Wildman–Crippen LogP) is 0.833. The molecule has 8 heteroatoms. The highest BCUT2D eigenvalue weighted by Crippen LogP contribution is 2.21. The number of nitrogens with one attached hydrogen (secondary N) is 1. The van der Waals surface area contributed by atoms with Crippen LogP contribution in [0.4, 0.5) is 15.3 Å². The van der Waals surface area contributed by atoms with Crippen LogP contribution in [0.2, 0.25) is 0 Å². The first-order valence-electron chi connectivity index (χ1n) is 6.98. The van der Waals surface area contributed by atoms with Gasteiger partial charge in [0.2, 0.25) is 0 Å². The van der Waals surface area contributed by atoms with Crippen molar-refractivity contribution in [2.45, 2.75) is 6.92 Å². The molecule has 2 saturated heterocycles. The van der Waals surface area contributed by atoms with E-state index in [2.05, 4.69) is 15.0 Å². The van der Waals surface area contributed by atoms with E-state index in [4.69, 9.17) is 0 Å². The van der Waals surface area contributed by atoms with Gasteiger partial charge in [-0.1, -0.05) is 0 Å². The average Bonchev–Trinajstić information content (AvgIpc) is 2.75. The van der Waals surface area contributed by atoms with Gasteiger partial charge >= 0.3 is 12.1 Å². The summed E-state index contributed by atoms with van der Waals surface area (Å²) in [4.78, 5) is 41.5. The van der Waals surface area contributed by atoms with E-state index in [1.807, 2.05) is 13.0 Å². The first-order chi connectivity index (χ1) is 10.5. The Balaban J connectivity index is 1.49. The Kier molecular flexibility index (Phi) is 3.66. The van der Waals surface area contributed by atoms with Gasteiger partial charge in [0.25, 0.3) is 5.91 Å². The molecule has 0 aromatic carbocycles. The molecule has 1 aromatic rings. The quantitative estimate of drug-likeness (QED) is 0.893. The van der Waals surface area contributed by atoms with Crippen LogP contribution in [0, 0.1) is 12.8 Å². The minimum absolute atomic E-state index is 0.0929. The van der Waals surface area contributed by atoms with Crippen molar-refractivity contribution in [1.82, 2.24) is 14.8 Å². The summed E-state index contributed by atoms with van der Waals surface area (Å²) < 4.78 is 4.65. The van der Waals surface area contributed by atoms with Crippen molar-refractivity contribution < 1.29 is 19.1 Å². The molecule has 0 atom stereocenters. The van der Waals surface area contributed by atoms with Crippen LogP contribution in [0.25, 0.3) is 0 Å². The number of amides is 4. The average molecular weight is 304 g/mol. The normalized spacial score (nSPS) is 18.2. The monoisotopic (exact) mass is 304 g/mol. The van der Waals surface area contributed by atoms with E-state index in [-0.39, 0.29) is 24.5 Å². The van der Waals surface area contributed by atoms with Crippen LogP contribution in [-0.2, 0) is 9.53 Å². The molecule has 2 aliphatic heterocycles. The molecule has 116 valence electrons. The minimum Gasteiger partial charge on any atom is -0.439 e. The molecule has 3 heterocycles. The maximum Gasteiger partial charge on any atom is 0.417 e. The molecule has 1 N–H and O–H groups in total. The number of carbonyl (C=O) groups is 3. The molecule has 2 fully saturated rings. The zero-order valence-electron chi connectivity index (χ0n) is 12.1. The molecule has 0 aliphatic carbocycles. The van der Waals surface area contributed by atoms with Gasteiger partial charge in [0.15, 0.2) is 6.61 Å². The Morgan fingerprint density at radius 2 is 2.23 bits per heavy atom. The van der Waals surface area contributed by atoms with E-state index < -0.39 is 6.09 Å². The lowest BCUT2D eigenvalue weighted by Crippen LogP contribution is -2.55. The minimum atomic E-state index is -0.598. The Hall–Kier alpha value is -2.64. The second-order valence-corrected chi connectivity index (χ2v) is 5.45. The number of cyclic esters (lactones) is 1. The van der Waals surface area contributed by atoms with Gasteiger partial charge in [0, 0.05) is 31.7 Å². The van der Waals surface area contributed by atoms with Gasteiger partial charge < -0.3 is 15.0 Å². The van der Waals surface area contributed by atoms with Crippen LogP contribution in [-0.4, -0.2) is 59.1 Å². The highest BCUT2D eigenvalue weighted by molar-refractivity contribution is 5.97. The number of aromatic nitrogens is 1. The van der Waals surface area contributed by atoms with E-state index in [0.717, 1.165) is 10.5 Å². The summed E-state index contributed by atoms with van der Waals surface area (Å²) in [7, 11) is 0. The Labute approximate surface area is 127 Å². The Morgan fingerprint density at radius 1 is 1.45 bits per heavy atom. The van der Waals surface area contributed by atoms with Crippen molar-refractivity contribution in [3.05, 3.63) is 24.0 Å². The number of rotatable bonds is 3. The topological polar surface area (TPSA) is 91.8 Å². The number of ether oxygens (including phenoxy) is 1. The Bertz CT molecular complexity index is 611. The van der Waals surface area contributed by atoms with E-state index >= 15 is 0 Å². The molecule has 0 spiro atoms. The third-order valence-corrected chi connectivity index (χ3v) is 3.81. The fourth-order valence-corrected chi connectivity index (χ4v) is 2.46. The van der Waals surface area contributed by atoms with Crippen LogP contribution in [0.15, 0.2) is 18.5 Å². The number of hydrogen-bond acceptors (Lipinski definition) is 5. The number of pyridine rings is 1. The molecule has 1 aromatic heterocycles. The zero-order chi connectivity index (χ0) is 15.7. The fraction of sp³-hybridized carbons (Fsp3) is 0.429. The summed E-state index contributed by atoms with van der Waals surface area (Å²) in [5.74, 6) is -0.228. The van der Waals surface area contributed by atoms with Gasteiger partial charge in [-0.05, 0) is 18.6 Å². The number of carbonyl (C=O) groups excluding carboxylic acids is 3. The van der Waals surface area contributed by atoms with E-state index in [9.17, 15) is 14.4 Å². The van der Waals surface area contributed by atoms with Gasteiger partial charge in [-0.15, -0.1) is 0 Å². The smallest absolute Gasteiger partial charge is 0.417 e. The second-order valence-electron chi connectivity index (χ2n) is 5.45. The molecule has 0 bridgehead atoms. The van der Waals surface area contributed by atoms with Crippen LogP contribution in [0.3, 0.4) is 0 Å². The second kappa shape index (κ2) is 5.63. The summed E-state index contributed by atoms with van der Waals surface area (Å²) in [6.45, 7) is 3.01. The molecule has 2 aliphatic rings. The molecule has 22 heavy (non-hydrogen) atoms. The molecule has 0 radical (unpaired) electrons. The number of nitrogens with zero attached hydrogens (tertiary/aromatic N) is 3. The molecular weight excluding hydrogens is 288 g/mol. The van der Waals surface area contributed by atoms with E-state index in [1.165, 1.54) is 0 Å². The molecule has 3 rings (SSSR count). The summed E-state index contributed by atoms with van der Waals surface area (Å²) in [6.07, 6.45) is 2.67. The van der Waals surface area contributed by atoms with Crippen molar-refractivity contribution in [1.29, 1.82) is 0 Å². The fourth-order valence-electron chi connectivity index (χ4n) is 2.46. The van der Waals surface area contributed by atoms with Gasteiger partial charge in [0.05, 0.1) is 11.9 Å². The van der Waals surface area contributed by atoms with Crippen molar-refractivity contribution in [2.24, 2.45) is 5.92 Å². The third-order valence-electron chi connectivity index (χ3n) is 3.81. The molecule has 8 nitrogen and oxygen atoms in total. The van der Waals surface area contributed by atoms with Crippen LogP contribution < -0.4 is 5.32 Å². The zero-order valence-corrected chi connectivity index (χ0v) is 12.1. The van der Waals surface area contributed by atoms with Crippen molar-refractivity contribution in [2.75, 3.05) is 31.6 Å². The van der Waals surface area contributed by atoms with Crippen LogP contribution >= 0.6 is 0 Å². The van der Waals surface area contributed by atoms with Crippen LogP contribution in [0.5, 0.6) is 0 Å². The van der Waals surface area contributed by atoms with Crippen molar-refractivity contribution >= 4 is 23.7 Å². The van der Waals surface area contributed by atoms with Crippen molar-refractivity contribution in [3.63, 3.8) is 0 Å². The number of likely N-dealkylation sites (tertiary alicyclic amines) is 1. The number of urea groups is 1. The summed E-state index contributed by atoms with van der Waals surface area (Å²) in [6, 6.07) is 1.61. The summed E-state index contributed by atoms with van der Waals surface area (Å²) >= 11 is 0. The molecule has 4 amide bonds. The van der Waals surface area contributed by atoms with Crippen molar-refractivity contribution in [3.8, 4) is 0 Å². The van der Waals surface area contributed by atoms with E-state index in [1.54, 1.807) is 17.3 Å². The lowest BCUT2D eigenvalue weighted by atomic mass is 10.0. The maximum atomic E-state index is 12.1. The number of anilines is 1. The number of imide groups is 1. The lowest BCUT2D eigenvalue weighted by molar-refractivity contribution is -0.126. The summed E-state index contributed by atoms with van der Waals surface area (Å²) in [5, 5.41) is 2.80. The molecule has 0 saturated carbocycles. The summed E-state index contributed by atoms with van der Waals surface area (Å²) in [5.41, 5.74) is 1.61. The van der Waals surface area contributed by atoms with Gasteiger partial charge in [0.1, 0.15) is 0 Å². The van der Waals surface area contributed by atoms with E-state index in [0.29, 0.717) is 25.3 Å². The molecule has 0 unspecified atom stereocenters.